The second-order valence-corrected chi connectivity index (χ2v) is 6.61. The van der Waals surface area contributed by atoms with Crippen molar-refractivity contribution in [3.63, 3.8) is 0 Å². The zero-order chi connectivity index (χ0) is 19.7. The number of pyridine rings is 3. The summed E-state index contributed by atoms with van der Waals surface area (Å²) < 4.78 is 16.8. The highest BCUT2D eigenvalue weighted by Gasteiger charge is 2.16. The Morgan fingerprint density at radius 2 is 2.04 bits per heavy atom. The first-order chi connectivity index (χ1) is 13.5. The third-order valence-corrected chi connectivity index (χ3v) is 4.17. The van der Waals surface area contributed by atoms with Crippen LogP contribution in [-0.4, -0.2) is 35.9 Å². The summed E-state index contributed by atoms with van der Waals surface area (Å²) in [4.78, 5) is 12.8. The number of nitrogens with one attached hydrogen (secondary N) is 1. The van der Waals surface area contributed by atoms with Gasteiger partial charge in [-0.2, -0.15) is 5.10 Å². The van der Waals surface area contributed by atoms with Crippen molar-refractivity contribution < 1.29 is 9.50 Å². The van der Waals surface area contributed by atoms with Gasteiger partial charge in [-0.1, -0.05) is 6.07 Å². The van der Waals surface area contributed by atoms with Crippen LogP contribution in [-0.2, 0) is 6.54 Å². The van der Waals surface area contributed by atoms with Gasteiger partial charge >= 0.3 is 0 Å². The second kappa shape index (κ2) is 7.32. The lowest BCUT2D eigenvalue weighted by Crippen LogP contribution is -2.11. The lowest BCUT2D eigenvalue weighted by molar-refractivity contribution is 0.169. The Balaban J connectivity index is 1.75. The molecule has 2 N–H and O–H groups in total. The Bertz CT molecular complexity index is 1130. The van der Waals surface area contributed by atoms with Crippen molar-refractivity contribution in [2.24, 2.45) is 0 Å². The molecule has 0 saturated heterocycles. The monoisotopic (exact) mass is 378 g/mol. The average Bonchev–Trinajstić information content (AvgIpc) is 3.07. The Hall–Kier alpha value is -3.39. The van der Waals surface area contributed by atoms with Gasteiger partial charge in [0, 0.05) is 18.1 Å². The van der Waals surface area contributed by atoms with E-state index < -0.39 is 11.9 Å². The van der Waals surface area contributed by atoms with Crippen LogP contribution in [0.25, 0.3) is 22.4 Å². The zero-order valence-corrected chi connectivity index (χ0v) is 15.5. The number of hydrogen-bond acceptors (Lipinski definition) is 6. The molecule has 0 radical (unpaired) electrons. The third-order valence-electron chi connectivity index (χ3n) is 4.17. The first-order valence-corrected chi connectivity index (χ1v) is 8.87. The van der Waals surface area contributed by atoms with Gasteiger partial charge in [0.15, 0.2) is 5.82 Å². The minimum atomic E-state index is -0.535. The molecule has 4 aromatic rings. The highest BCUT2D eigenvalue weighted by Crippen LogP contribution is 2.30. The van der Waals surface area contributed by atoms with E-state index in [4.69, 9.17) is 0 Å². The SMILES string of the molecule is Cc1cc(Nc2ccnc3cn(C[C@H](C)O)nc23)c(F)c(-c2ccccn2)n1. The number of aliphatic hydroxyl groups excluding tert-OH is 1. The van der Waals surface area contributed by atoms with E-state index in [0.29, 0.717) is 34.7 Å². The lowest BCUT2D eigenvalue weighted by atomic mass is 10.2. The van der Waals surface area contributed by atoms with Crippen LogP contribution in [0.2, 0.25) is 0 Å². The van der Waals surface area contributed by atoms with E-state index in [1.807, 2.05) is 0 Å². The van der Waals surface area contributed by atoms with E-state index in [0.717, 1.165) is 0 Å². The van der Waals surface area contributed by atoms with Gasteiger partial charge < -0.3 is 10.4 Å². The molecule has 0 aliphatic rings. The van der Waals surface area contributed by atoms with Crippen LogP contribution in [0.1, 0.15) is 12.6 Å². The number of aryl methyl sites for hydroxylation is 1. The summed E-state index contributed by atoms with van der Waals surface area (Å²) in [6.45, 7) is 3.84. The molecule has 142 valence electrons. The standard InChI is InChI=1S/C20H19FN6O/c1-12-9-16(18(21)20(24-12)14-5-3-4-7-22-14)25-15-6-8-23-17-11-27(10-13(2)28)26-19(15)17/h3-9,11,13,28H,10H2,1-2H3,(H,24,25)/t13-/m0/s1. The maximum Gasteiger partial charge on any atom is 0.174 e. The Labute approximate surface area is 160 Å². The number of rotatable bonds is 5. The number of aliphatic hydroxyl groups is 1. The van der Waals surface area contributed by atoms with Gasteiger partial charge in [0.2, 0.25) is 0 Å². The average molecular weight is 378 g/mol. The minimum Gasteiger partial charge on any atom is -0.391 e. The maximum atomic E-state index is 15.2. The summed E-state index contributed by atoms with van der Waals surface area (Å²) in [6, 6.07) is 8.66. The molecule has 7 nitrogen and oxygen atoms in total. The van der Waals surface area contributed by atoms with Gasteiger partial charge in [0.25, 0.3) is 0 Å². The predicted octanol–water partition coefficient (Wildman–Crippen LogP) is 3.46. The number of nitrogens with zero attached hydrogens (tertiary/aromatic N) is 5. The van der Waals surface area contributed by atoms with Gasteiger partial charge in [0.1, 0.15) is 16.7 Å². The molecular weight excluding hydrogens is 359 g/mol. The first-order valence-electron chi connectivity index (χ1n) is 8.87. The van der Waals surface area contributed by atoms with E-state index in [9.17, 15) is 5.11 Å². The fraction of sp³-hybridized carbons (Fsp3) is 0.200. The topological polar surface area (TPSA) is 88.8 Å². The van der Waals surface area contributed by atoms with Crippen molar-refractivity contribution in [2.75, 3.05) is 5.32 Å². The third kappa shape index (κ3) is 3.54. The summed E-state index contributed by atoms with van der Waals surface area (Å²) in [5.74, 6) is -0.488. The molecule has 1 atom stereocenters. The van der Waals surface area contributed by atoms with Crippen molar-refractivity contribution in [1.82, 2.24) is 24.7 Å². The molecule has 4 aromatic heterocycles. The largest absolute Gasteiger partial charge is 0.391 e. The Morgan fingerprint density at radius 3 is 2.79 bits per heavy atom. The van der Waals surface area contributed by atoms with Crippen LogP contribution in [0.5, 0.6) is 0 Å². The van der Waals surface area contributed by atoms with Crippen LogP contribution in [0.15, 0.2) is 48.9 Å². The molecule has 28 heavy (non-hydrogen) atoms. The van der Waals surface area contributed by atoms with Crippen LogP contribution in [0.4, 0.5) is 15.8 Å². The molecule has 0 fully saturated rings. The number of hydrogen-bond donors (Lipinski definition) is 2. The van der Waals surface area contributed by atoms with Crippen molar-refractivity contribution in [1.29, 1.82) is 0 Å². The second-order valence-electron chi connectivity index (χ2n) is 6.61. The number of anilines is 2. The fourth-order valence-electron chi connectivity index (χ4n) is 3.00. The van der Waals surface area contributed by atoms with Crippen molar-refractivity contribution in [3.8, 4) is 11.4 Å². The normalized spacial score (nSPS) is 12.3. The van der Waals surface area contributed by atoms with E-state index in [-0.39, 0.29) is 11.4 Å². The number of fused-ring (bicyclic) bond motifs is 1. The zero-order valence-electron chi connectivity index (χ0n) is 15.5. The summed E-state index contributed by atoms with van der Waals surface area (Å²) >= 11 is 0. The van der Waals surface area contributed by atoms with Crippen LogP contribution >= 0.6 is 0 Å². The fourth-order valence-corrected chi connectivity index (χ4v) is 3.00. The van der Waals surface area contributed by atoms with Crippen LogP contribution in [0, 0.1) is 12.7 Å². The Morgan fingerprint density at radius 1 is 1.18 bits per heavy atom. The molecule has 4 heterocycles. The molecule has 8 heteroatoms. The molecule has 0 bridgehead atoms. The summed E-state index contributed by atoms with van der Waals surface area (Å²) in [7, 11) is 0. The van der Waals surface area contributed by atoms with Gasteiger partial charge in [-0.15, -0.1) is 0 Å². The first kappa shape index (κ1) is 18.0. The molecule has 0 unspecified atom stereocenters. The molecule has 0 saturated carbocycles. The Kier molecular flexibility index (Phi) is 4.70. The van der Waals surface area contributed by atoms with E-state index in [1.54, 1.807) is 67.5 Å². The molecule has 0 amide bonds. The van der Waals surface area contributed by atoms with E-state index >= 15 is 4.39 Å². The van der Waals surface area contributed by atoms with E-state index in [1.165, 1.54) is 0 Å². The molecular formula is C20H19FN6O. The van der Waals surface area contributed by atoms with E-state index in [2.05, 4.69) is 25.4 Å². The quantitative estimate of drug-likeness (QED) is 0.553. The van der Waals surface area contributed by atoms with Crippen LogP contribution in [0.3, 0.4) is 0 Å². The number of aromatic nitrogens is 5. The molecule has 0 spiro atoms. The van der Waals surface area contributed by atoms with Crippen molar-refractivity contribution in [2.45, 2.75) is 26.5 Å². The number of halogens is 1. The van der Waals surface area contributed by atoms with Gasteiger partial charge in [-0.25, -0.2) is 9.37 Å². The smallest absolute Gasteiger partial charge is 0.174 e. The van der Waals surface area contributed by atoms with Crippen LogP contribution < -0.4 is 5.32 Å². The highest BCUT2D eigenvalue weighted by molar-refractivity contribution is 5.89. The summed E-state index contributed by atoms with van der Waals surface area (Å²) in [5.41, 5.74) is 3.46. The molecule has 0 aliphatic carbocycles. The van der Waals surface area contributed by atoms with Gasteiger partial charge in [-0.3, -0.25) is 14.6 Å². The summed E-state index contributed by atoms with van der Waals surface area (Å²) in [5, 5.41) is 17.2. The van der Waals surface area contributed by atoms with Crippen molar-refractivity contribution >= 4 is 22.4 Å². The highest BCUT2D eigenvalue weighted by atomic mass is 19.1. The molecule has 0 aromatic carbocycles. The maximum absolute atomic E-state index is 15.2. The molecule has 0 aliphatic heterocycles. The van der Waals surface area contributed by atoms with Crippen molar-refractivity contribution in [3.05, 3.63) is 60.4 Å². The minimum absolute atomic E-state index is 0.188. The predicted molar refractivity (Wildman–Crippen MR) is 105 cm³/mol. The lowest BCUT2D eigenvalue weighted by Gasteiger charge is -2.12. The summed E-state index contributed by atoms with van der Waals surface area (Å²) in [6.07, 6.45) is 4.45. The van der Waals surface area contributed by atoms with Gasteiger partial charge in [0.05, 0.1) is 35.9 Å². The molecule has 4 rings (SSSR count). The van der Waals surface area contributed by atoms with Gasteiger partial charge in [-0.05, 0) is 38.1 Å².